The smallest absolute Gasteiger partial charge is 0.259 e. The van der Waals surface area contributed by atoms with Crippen LogP contribution in [-0.2, 0) is 9.53 Å². The first-order valence-corrected chi connectivity index (χ1v) is 3.35. The van der Waals surface area contributed by atoms with Gasteiger partial charge in [0.15, 0.2) is 4.11 Å². The highest BCUT2D eigenvalue weighted by atomic mass is 127. The van der Waals surface area contributed by atoms with Gasteiger partial charge in [0.25, 0.3) is 5.91 Å². The average Bonchev–Trinajstić information content (AvgIpc) is 1.84. The number of alkyl halides is 1. The number of rotatable bonds is 2. The minimum Gasteiger partial charge on any atom is -0.361 e. The summed E-state index contributed by atoms with van der Waals surface area (Å²) in [6.45, 7) is 0. The molecule has 1 N–H and O–H groups in total. The molecule has 0 aromatic heterocycles. The van der Waals surface area contributed by atoms with Crippen molar-refractivity contribution in [2.75, 3.05) is 14.2 Å². The van der Waals surface area contributed by atoms with Crippen LogP contribution in [-0.4, -0.2) is 24.2 Å². The average molecular weight is 229 g/mol. The SMILES string of the molecule is CNC(=O)C(I)OC. The van der Waals surface area contributed by atoms with Crippen LogP contribution in [0.1, 0.15) is 0 Å². The molecule has 8 heavy (non-hydrogen) atoms. The third kappa shape index (κ3) is 2.46. The van der Waals surface area contributed by atoms with E-state index in [1.165, 1.54) is 7.11 Å². The second kappa shape index (κ2) is 4.08. The maximum atomic E-state index is 10.5. The van der Waals surface area contributed by atoms with Crippen molar-refractivity contribution in [1.29, 1.82) is 0 Å². The van der Waals surface area contributed by atoms with E-state index in [0.29, 0.717) is 0 Å². The summed E-state index contributed by atoms with van der Waals surface area (Å²) in [5.41, 5.74) is 0. The Kier molecular flexibility index (Phi) is 4.16. The molecule has 0 fully saturated rings. The Morgan fingerprint density at radius 1 is 1.88 bits per heavy atom. The van der Waals surface area contributed by atoms with Gasteiger partial charge in [0, 0.05) is 14.2 Å². The number of nitrogens with one attached hydrogen (secondary N) is 1. The number of likely N-dealkylation sites (N-methyl/N-ethyl adjacent to an activating group) is 1. The molecule has 0 spiro atoms. The summed E-state index contributed by atoms with van der Waals surface area (Å²) in [7, 11) is 3.07. The summed E-state index contributed by atoms with van der Waals surface area (Å²) in [5, 5.41) is 2.44. The van der Waals surface area contributed by atoms with Gasteiger partial charge < -0.3 is 10.1 Å². The zero-order valence-corrected chi connectivity index (χ0v) is 6.93. The quantitative estimate of drug-likeness (QED) is 0.540. The second-order valence-corrected chi connectivity index (χ2v) is 2.30. The molecule has 0 aromatic rings. The van der Waals surface area contributed by atoms with Crippen LogP contribution in [0.15, 0.2) is 0 Å². The highest BCUT2D eigenvalue weighted by molar-refractivity contribution is 14.1. The standard InChI is InChI=1S/C4H8INO2/c1-6-4(7)3(5)8-2/h3H,1-2H3,(H,6,7). The topological polar surface area (TPSA) is 38.3 Å². The molecule has 0 saturated heterocycles. The van der Waals surface area contributed by atoms with Crippen molar-refractivity contribution in [1.82, 2.24) is 5.32 Å². The molecule has 48 valence electrons. The fourth-order valence-corrected chi connectivity index (χ4v) is 0.532. The first-order chi connectivity index (χ1) is 3.72. The summed E-state index contributed by atoms with van der Waals surface area (Å²) >= 11 is 1.90. The van der Waals surface area contributed by atoms with Crippen LogP contribution < -0.4 is 5.32 Å². The number of carbonyl (C=O) groups is 1. The number of hydrogen-bond acceptors (Lipinski definition) is 2. The lowest BCUT2D eigenvalue weighted by Crippen LogP contribution is -2.28. The molecular weight excluding hydrogens is 221 g/mol. The van der Waals surface area contributed by atoms with Crippen molar-refractivity contribution in [3.63, 3.8) is 0 Å². The zero-order valence-electron chi connectivity index (χ0n) is 4.77. The lowest BCUT2D eigenvalue weighted by molar-refractivity contribution is -0.125. The molecule has 0 radical (unpaired) electrons. The number of halogens is 1. The fourth-order valence-electron chi connectivity index (χ4n) is 0.221. The van der Waals surface area contributed by atoms with Crippen molar-refractivity contribution in [3.05, 3.63) is 0 Å². The van der Waals surface area contributed by atoms with Gasteiger partial charge in [-0.25, -0.2) is 0 Å². The number of carbonyl (C=O) groups excluding carboxylic acids is 1. The highest BCUT2D eigenvalue weighted by Crippen LogP contribution is 1.98. The van der Waals surface area contributed by atoms with Crippen LogP contribution in [0.25, 0.3) is 0 Å². The van der Waals surface area contributed by atoms with Crippen LogP contribution in [0.4, 0.5) is 0 Å². The Morgan fingerprint density at radius 3 is 2.50 bits per heavy atom. The van der Waals surface area contributed by atoms with Crippen molar-refractivity contribution < 1.29 is 9.53 Å². The van der Waals surface area contributed by atoms with E-state index in [1.54, 1.807) is 7.05 Å². The van der Waals surface area contributed by atoms with Gasteiger partial charge in [0.2, 0.25) is 0 Å². The van der Waals surface area contributed by atoms with E-state index in [9.17, 15) is 4.79 Å². The summed E-state index contributed by atoms with van der Waals surface area (Å²) in [4.78, 5) is 10.5. The minimum atomic E-state index is -0.363. The Morgan fingerprint density at radius 2 is 2.38 bits per heavy atom. The van der Waals surface area contributed by atoms with E-state index in [2.05, 4.69) is 10.1 Å². The van der Waals surface area contributed by atoms with Crippen molar-refractivity contribution in [3.8, 4) is 0 Å². The zero-order chi connectivity index (χ0) is 6.57. The van der Waals surface area contributed by atoms with Gasteiger partial charge in [-0.1, -0.05) is 0 Å². The molecule has 0 saturated carbocycles. The van der Waals surface area contributed by atoms with Gasteiger partial charge >= 0.3 is 0 Å². The maximum Gasteiger partial charge on any atom is 0.259 e. The van der Waals surface area contributed by atoms with E-state index in [0.717, 1.165) is 0 Å². The number of hydrogen-bond donors (Lipinski definition) is 1. The van der Waals surface area contributed by atoms with E-state index >= 15 is 0 Å². The predicted octanol–water partition coefficient (Wildman–Crippen LogP) is 0.140. The van der Waals surface area contributed by atoms with E-state index in [4.69, 9.17) is 0 Å². The van der Waals surface area contributed by atoms with Crippen LogP contribution in [0, 0.1) is 0 Å². The molecule has 0 aromatic carbocycles. The fraction of sp³-hybridized carbons (Fsp3) is 0.750. The molecule has 3 nitrogen and oxygen atoms in total. The predicted molar refractivity (Wildman–Crippen MR) is 38.9 cm³/mol. The Labute approximate surface area is 61.9 Å². The molecule has 0 heterocycles. The van der Waals surface area contributed by atoms with Gasteiger partial charge in [-0.05, 0) is 22.6 Å². The Hall–Kier alpha value is 0.160. The van der Waals surface area contributed by atoms with Crippen LogP contribution in [0.2, 0.25) is 0 Å². The van der Waals surface area contributed by atoms with Crippen molar-refractivity contribution in [2.24, 2.45) is 0 Å². The lowest BCUT2D eigenvalue weighted by Gasteiger charge is -2.03. The van der Waals surface area contributed by atoms with Gasteiger partial charge in [-0.15, -0.1) is 0 Å². The summed E-state index contributed by atoms with van der Waals surface area (Å²) in [6.07, 6.45) is 0. The molecule has 0 aliphatic rings. The van der Waals surface area contributed by atoms with E-state index in [-0.39, 0.29) is 10.0 Å². The molecule has 1 amide bonds. The summed E-state index contributed by atoms with van der Waals surface area (Å²) in [6, 6.07) is 0. The summed E-state index contributed by atoms with van der Waals surface area (Å²) < 4.78 is 4.31. The molecule has 1 atom stereocenters. The van der Waals surface area contributed by atoms with Gasteiger partial charge in [0.1, 0.15) is 0 Å². The third-order valence-corrected chi connectivity index (χ3v) is 1.73. The summed E-state index contributed by atoms with van der Waals surface area (Å²) in [5.74, 6) is -0.104. The van der Waals surface area contributed by atoms with Crippen LogP contribution >= 0.6 is 22.6 Å². The maximum absolute atomic E-state index is 10.5. The van der Waals surface area contributed by atoms with Crippen molar-refractivity contribution >= 4 is 28.5 Å². The Balaban J connectivity index is 3.46. The largest absolute Gasteiger partial charge is 0.361 e. The molecule has 0 aliphatic heterocycles. The van der Waals surface area contributed by atoms with Gasteiger partial charge in [0.05, 0.1) is 0 Å². The lowest BCUT2D eigenvalue weighted by atomic mass is 10.7. The Bertz CT molecular complexity index is 86.1. The van der Waals surface area contributed by atoms with Gasteiger partial charge in [-0.2, -0.15) is 0 Å². The first-order valence-electron chi connectivity index (χ1n) is 2.10. The number of ether oxygens (including phenoxy) is 1. The van der Waals surface area contributed by atoms with E-state index < -0.39 is 0 Å². The number of amides is 1. The number of methoxy groups -OCH3 is 1. The van der Waals surface area contributed by atoms with Crippen LogP contribution in [0.5, 0.6) is 0 Å². The molecule has 0 aliphatic carbocycles. The van der Waals surface area contributed by atoms with E-state index in [1.807, 2.05) is 22.6 Å². The third-order valence-electron chi connectivity index (χ3n) is 0.659. The molecule has 0 bridgehead atoms. The molecule has 1 unspecified atom stereocenters. The monoisotopic (exact) mass is 229 g/mol. The van der Waals surface area contributed by atoms with Gasteiger partial charge in [-0.3, -0.25) is 4.79 Å². The highest BCUT2D eigenvalue weighted by Gasteiger charge is 2.08. The van der Waals surface area contributed by atoms with Crippen molar-refractivity contribution in [2.45, 2.75) is 4.11 Å². The normalized spacial score (nSPS) is 12.9. The minimum absolute atomic E-state index is 0.104. The first kappa shape index (κ1) is 8.16. The molecule has 4 heteroatoms. The second-order valence-electron chi connectivity index (χ2n) is 1.17. The van der Waals surface area contributed by atoms with Crippen LogP contribution in [0.3, 0.4) is 0 Å². The molecular formula is C4H8INO2. The molecule has 0 rings (SSSR count).